The summed E-state index contributed by atoms with van der Waals surface area (Å²) < 4.78 is 1.27. The summed E-state index contributed by atoms with van der Waals surface area (Å²) >= 11 is 19.9. The first-order valence-corrected chi connectivity index (χ1v) is 13.7. The van der Waals surface area contributed by atoms with Crippen LogP contribution in [0.2, 0.25) is 0 Å². The van der Waals surface area contributed by atoms with Gasteiger partial charge in [0, 0.05) is 26.2 Å². The quantitative estimate of drug-likeness (QED) is 0.172. The van der Waals surface area contributed by atoms with Crippen LogP contribution in [0.25, 0.3) is 0 Å². The molecule has 1 rings (SSSR count). The van der Waals surface area contributed by atoms with Crippen molar-refractivity contribution in [1.82, 2.24) is 15.1 Å². The predicted octanol–water partition coefficient (Wildman–Crippen LogP) is 6.20. The van der Waals surface area contributed by atoms with Crippen molar-refractivity contribution in [2.24, 2.45) is 0 Å². The molecule has 8 heteroatoms. The maximum atomic E-state index is 4.98. The second-order valence-electron chi connectivity index (χ2n) is 7.73. The third-order valence-electron chi connectivity index (χ3n) is 4.85. The zero-order valence-corrected chi connectivity index (χ0v) is 27.0. The van der Waals surface area contributed by atoms with Crippen LogP contribution in [-0.4, -0.2) is 57.7 Å². The Hall–Kier alpha value is 0.803. The molecule has 1 N–H and O–H groups in total. The zero-order chi connectivity index (χ0) is 23.0. The van der Waals surface area contributed by atoms with Gasteiger partial charge < -0.3 is 64.8 Å². The molecule has 0 aromatic heterocycles. The second kappa shape index (κ2) is 28.8. The van der Waals surface area contributed by atoms with Crippen molar-refractivity contribution in [2.45, 2.75) is 98.3 Å². The fourth-order valence-corrected chi connectivity index (χ4v) is 3.52. The van der Waals surface area contributed by atoms with E-state index in [0.717, 1.165) is 26.2 Å². The largest absolute Gasteiger partial charge is 2.00 e. The van der Waals surface area contributed by atoms with Crippen LogP contribution in [0.3, 0.4) is 0 Å². The fourth-order valence-electron chi connectivity index (χ4n) is 2.79. The van der Waals surface area contributed by atoms with Gasteiger partial charge in [-0.15, -0.1) is 0 Å². The Balaban J connectivity index is -0.000000391. The molecule has 0 atom stereocenters. The minimum Gasteiger partial charge on any atom is -0.411 e. The van der Waals surface area contributed by atoms with Crippen molar-refractivity contribution in [3.8, 4) is 0 Å². The number of unbranched alkanes of at least 4 members (excludes halogenated alkanes) is 4. The van der Waals surface area contributed by atoms with Gasteiger partial charge in [-0.05, 0) is 51.6 Å². The zero-order valence-electron chi connectivity index (χ0n) is 20.8. The molecular weight excluding hydrogens is 512 g/mol. The normalized spacial score (nSPS) is 12.3. The monoisotopic (exact) mass is 557 g/mol. The second-order valence-corrected chi connectivity index (χ2v) is 9.79. The van der Waals surface area contributed by atoms with Crippen molar-refractivity contribution in [3.05, 3.63) is 0 Å². The molecule has 0 bridgehead atoms. The van der Waals surface area contributed by atoms with Crippen molar-refractivity contribution < 1.29 is 19.5 Å². The Morgan fingerprint density at radius 3 is 1.06 bits per heavy atom. The average Bonchev–Trinajstić information content (AvgIpc) is 2.75. The van der Waals surface area contributed by atoms with Crippen LogP contribution in [0.1, 0.15) is 98.3 Å². The molecule has 31 heavy (non-hydrogen) atoms. The molecule has 0 spiro atoms. The molecule has 1 fully saturated rings. The van der Waals surface area contributed by atoms with Gasteiger partial charge in [0.2, 0.25) is 0 Å². The van der Waals surface area contributed by atoms with E-state index < -0.39 is 0 Å². The average molecular weight is 559 g/mol. The Morgan fingerprint density at radius 1 is 0.645 bits per heavy atom. The molecule has 0 aromatic carbocycles. The van der Waals surface area contributed by atoms with Crippen LogP contribution in [0.5, 0.6) is 0 Å². The SMILES string of the molecule is C1CCNCC1.CCCCN(CCCC)C(=S)[S-].CCCCN(CCCC)C(=S)[S-].[Zn+2]. The Labute approximate surface area is 229 Å². The van der Waals surface area contributed by atoms with Crippen LogP contribution in [0, 0.1) is 0 Å². The number of nitrogens with one attached hydrogen (secondary N) is 1. The Kier molecular flexibility index (Phi) is 33.8. The number of hydrogen-bond acceptors (Lipinski definition) is 5. The molecule has 180 valence electrons. The molecular formula is C23H47N3S4Zn. The van der Waals surface area contributed by atoms with E-state index in [1.54, 1.807) is 0 Å². The molecule has 1 aliphatic heterocycles. The van der Waals surface area contributed by atoms with E-state index in [2.05, 4.69) is 42.8 Å². The van der Waals surface area contributed by atoms with Gasteiger partial charge in [-0.2, -0.15) is 0 Å². The van der Waals surface area contributed by atoms with Crippen LogP contribution in [0.4, 0.5) is 0 Å². The van der Waals surface area contributed by atoms with Crippen LogP contribution in [0.15, 0.2) is 0 Å². The molecule has 0 aliphatic carbocycles. The van der Waals surface area contributed by atoms with Gasteiger partial charge in [-0.3, -0.25) is 0 Å². The summed E-state index contributed by atoms with van der Waals surface area (Å²) in [4.78, 5) is 4.27. The minimum atomic E-state index is 0. The van der Waals surface area contributed by atoms with Gasteiger partial charge in [0.25, 0.3) is 0 Å². The van der Waals surface area contributed by atoms with E-state index in [1.165, 1.54) is 83.7 Å². The summed E-state index contributed by atoms with van der Waals surface area (Å²) in [6.45, 7) is 15.4. The van der Waals surface area contributed by atoms with Crippen molar-refractivity contribution in [1.29, 1.82) is 0 Å². The maximum absolute atomic E-state index is 4.98. The summed E-state index contributed by atoms with van der Waals surface area (Å²) in [7, 11) is 0. The fraction of sp³-hybridized carbons (Fsp3) is 0.913. The van der Waals surface area contributed by atoms with Crippen molar-refractivity contribution in [2.75, 3.05) is 39.3 Å². The summed E-state index contributed by atoms with van der Waals surface area (Å²) in [5.41, 5.74) is 0. The maximum Gasteiger partial charge on any atom is 2.00 e. The summed E-state index contributed by atoms with van der Waals surface area (Å²) in [6.07, 6.45) is 13.8. The van der Waals surface area contributed by atoms with Crippen LogP contribution >= 0.6 is 24.4 Å². The summed E-state index contributed by atoms with van der Waals surface area (Å²) in [5.74, 6) is 0. The van der Waals surface area contributed by atoms with Gasteiger partial charge in [-0.1, -0.05) is 68.4 Å². The minimum absolute atomic E-state index is 0. The van der Waals surface area contributed by atoms with E-state index in [4.69, 9.17) is 49.7 Å². The van der Waals surface area contributed by atoms with Gasteiger partial charge in [0.05, 0.1) is 0 Å². The van der Waals surface area contributed by atoms with Gasteiger partial charge in [-0.25, -0.2) is 0 Å². The van der Waals surface area contributed by atoms with E-state index in [1.807, 2.05) is 0 Å². The smallest absolute Gasteiger partial charge is 0.411 e. The molecule has 1 heterocycles. The van der Waals surface area contributed by atoms with Crippen molar-refractivity contribution >= 4 is 58.3 Å². The molecule has 0 saturated carbocycles. The van der Waals surface area contributed by atoms with Gasteiger partial charge >= 0.3 is 19.5 Å². The molecule has 0 unspecified atom stereocenters. The third kappa shape index (κ3) is 26.9. The number of piperidine rings is 1. The summed E-state index contributed by atoms with van der Waals surface area (Å²) in [6, 6.07) is 0. The van der Waals surface area contributed by atoms with E-state index in [9.17, 15) is 0 Å². The third-order valence-corrected chi connectivity index (χ3v) is 5.88. The van der Waals surface area contributed by atoms with E-state index >= 15 is 0 Å². The number of nitrogens with zero attached hydrogens (tertiary/aromatic N) is 2. The first kappa shape index (κ1) is 36.4. The predicted molar refractivity (Wildman–Crippen MR) is 149 cm³/mol. The molecule has 1 saturated heterocycles. The Morgan fingerprint density at radius 2 is 0.935 bits per heavy atom. The van der Waals surface area contributed by atoms with Gasteiger partial charge in [0.15, 0.2) is 0 Å². The van der Waals surface area contributed by atoms with Crippen molar-refractivity contribution in [3.63, 3.8) is 0 Å². The molecule has 3 nitrogen and oxygen atoms in total. The Bertz CT molecular complexity index is 340. The van der Waals surface area contributed by atoms with Gasteiger partial charge in [0.1, 0.15) is 0 Å². The molecule has 1 aliphatic rings. The topological polar surface area (TPSA) is 18.5 Å². The molecule has 0 aromatic rings. The number of hydrogen-bond donors (Lipinski definition) is 1. The van der Waals surface area contributed by atoms with Crippen LogP contribution in [-0.2, 0) is 44.7 Å². The summed E-state index contributed by atoms with van der Waals surface area (Å²) in [5, 5.41) is 3.28. The first-order valence-electron chi connectivity index (χ1n) is 12.1. The standard InChI is InChI=1S/2C9H19NS2.C5H11N.Zn/c2*1-3-5-7-10(9(11)12)8-6-4-2;1-2-4-6-5-3-1;/h2*3-8H2,1-2H3,(H,11,12);6H,1-5H2;/q;;;+2/p-2. The number of thiocarbonyl (C=S) groups is 2. The van der Waals surface area contributed by atoms with E-state index in [0.29, 0.717) is 8.64 Å². The number of rotatable bonds is 12. The van der Waals surface area contributed by atoms with E-state index in [-0.39, 0.29) is 19.5 Å². The first-order chi connectivity index (χ1) is 14.4. The van der Waals surface area contributed by atoms with Crippen LogP contribution < -0.4 is 5.32 Å². The molecule has 0 radical (unpaired) electrons. The molecule has 0 amide bonds.